The number of ether oxygens (including phenoxy) is 2. The van der Waals surface area contributed by atoms with E-state index >= 15 is 0 Å². The van der Waals surface area contributed by atoms with Gasteiger partial charge in [0.2, 0.25) is 0 Å². The summed E-state index contributed by atoms with van der Waals surface area (Å²) in [6.07, 6.45) is 3.52. The van der Waals surface area contributed by atoms with Crippen LogP contribution in [0.3, 0.4) is 0 Å². The molecule has 122 valence electrons. The van der Waals surface area contributed by atoms with E-state index in [9.17, 15) is 4.79 Å². The van der Waals surface area contributed by atoms with Gasteiger partial charge in [0.05, 0.1) is 12.1 Å². The van der Waals surface area contributed by atoms with Gasteiger partial charge in [0, 0.05) is 12.4 Å². The van der Waals surface area contributed by atoms with Gasteiger partial charge in [0.25, 0.3) is 0 Å². The first kappa shape index (κ1) is 15.8. The first-order chi connectivity index (χ1) is 11.8. The van der Waals surface area contributed by atoms with Crippen molar-refractivity contribution in [3.05, 3.63) is 84.2 Å². The third kappa shape index (κ3) is 4.46. The van der Waals surface area contributed by atoms with Crippen LogP contribution in [-0.2, 0) is 17.9 Å². The minimum absolute atomic E-state index is 0.273. The average Bonchev–Trinajstić information content (AvgIpc) is 3.14. The van der Waals surface area contributed by atoms with Crippen LogP contribution >= 0.6 is 0 Å². The Balaban J connectivity index is 1.53. The van der Waals surface area contributed by atoms with Gasteiger partial charge in [-0.3, -0.25) is 4.68 Å². The third-order valence-corrected chi connectivity index (χ3v) is 3.43. The fourth-order valence-corrected chi connectivity index (χ4v) is 2.20. The molecule has 0 saturated carbocycles. The molecule has 0 atom stereocenters. The quantitative estimate of drug-likeness (QED) is 0.626. The molecule has 5 heteroatoms. The van der Waals surface area contributed by atoms with Crippen LogP contribution in [0.15, 0.2) is 73.1 Å². The normalized spacial score (nSPS) is 10.3. The second-order valence-electron chi connectivity index (χ2n) is 5.21. The molecule has 0 amide bonds. The number of nitrogens with zero attached hydrogens (tertiary/aromatic N) is 2. The van der Waals surface area contributed by atoms with Crippen LogP contribution in [0, 0.1) is 0 Å². The van der Waals surface area contributed by atoms with Crippen molar-refractivity contribution in [2.24, 2.45) is 0 Å². The van der Waals surface area contributed by atoms with Crippen molar-refractivity contribution in [1.29, 1.82) is 0 Å². The van der Waals surface area contributed by atoms with Crippen molar-refractivity contribution in [2.75, 3.05) is 6.61 Å². The monoisotopic (exact) mass is 322 g/mol. The lowest BCUT2D eigenvalue weighted by Gasteiger charge is -2.09. The molecule has 3 rings (SSSR count). The number of hydrogen-bond donors (Lipinski definition) is 0. The Morgan fingerprint density at radius 3 is 2.71 bits per heavy atom. The highest BCUT2D eigenvalue weighted by Gasteiger charge is 2.08. The van der Waals surface area contributed by atoms with Crippen LogP contribution in [0.4, 0.5) is 0 Å². The number of aromatic nitrogens is 2. The summed E-state index contributed by atoms with van der Waals surface area (Å²) in [6.45, 7) is 1.26. The summed E-state index contributed by atoms with van der Waals surface area (Å²) in [5.74, 6) is 0.271. The van der Waals surface area contributed by atoms with E-state index < -0.39 is 0 Å². The highest BCUT2D eigenvalue weighted by atomic mass is 16.5. The maximum atomic E-state index is 12.1. The zero-order chi connectivity index (χ0) is 16.6. The standard InChI is InChI=1S/C19H18N2O3/c22-19(23-13-12-21-11-5-10-20-21)17-8-4-9-18(14-17)24-15-16-6-2-1-3-7-16/h1-11,14H,12-13,15H2. The molecule has 24 heavy (non-hydrogen) atoms. The Kier molecular flexibility index (Phi) is 5.24. The Hall–Kier alpha value is -3.08. The van der Waals surface area contributed by atoms with Crippen LogP contribution in [0.1, 0.15) is 15.9 Å². The van der Waals surface area contributed by atoms with Gasteiger partial charge in [0.1, 0.15) is 19.0 Å². The summed E-state index contributed by atoms with van der Waals surface area (Å²) in [6, 6.07) is 18.7. The van der Waals surface area contributed by atoms with Gasteiger partial charge in [-0.1, -0.05) is 36.4 Å². The van der Waals surface area contributed by atoms with E-state index in [0.29, 0.717) is 24.5 Å². The zero-order valence-corrected chi connectivity index (χ0v) is 13.2. The third-order valence-electron chi connectivity index (χ3n) is 3.43. The van der Waals surface area contributed by atoms with Crippen molar-refractivity contribution in [3.8, 4) is 5.75 Å². The molecule has 0 aliphatic carbocycles. The van der Waals surface area contributed by atoms with Crippen molar-refractivity contribution < 1.29 is 14.3 Å². The molecule has 0 spiro atoms. The van der Waals surface area contributed by atoms with Gasteiger partial charge in [-0.15, -0.1) is 0 Å². The summed E-state index contributed by atoms with van der Waals surface area (Å²) >= 11 is 0. The summed E-state index contributed by atoms with van der Waals surface area (Å²) in [5, 5.41) is 4.06. The largest absolute Gasteiger partial charge is 0.489 e. The number of carbonyl (C=O) groups is 1. The first-order valence-corrected chi connectivity index (χ1v) is 7.72. The lowest BCUT2D eigenvalue weighted by molar-refractivity contribution is 0.0487. The number of carbonyl (C=O) groups excluding carboxylic acids is 1. The molecule has 0 fully saturated rings. The molecule has 0 radical (unpaired) electrons. The summed E-state index contributed by atoms with van der Waals surface area (Å²) in [5.41, 5.74) is 1.55. The Morgan fingerprint density at radius 1 is 1.04 bits per heavy atom. The molecule has 0 saturated heterocycles. The SMILES string of the molecule is O=C(OCCn1cccn1)c1cccc(OCc2ccccc2)c1. The van der Waals surface area contributed by atoms with Crippen LogP contribution in [0.5, 0.6) is 5.75 Å². The number of hydrogen-bond acceptors (Lipinski definition) is 4. The van der Waals surface area contributed by atoms with Crippen molar-refractivity contribution in [1.82, 2.24) is 9.78 Å². The van der Waals surface area contributed by atoms with E-state index in [2.05, 4.69) is 5.10 Å². The molecule has 0 N–H and O–H groups in total. The topological polar surface area (TPSA) is 53.4 Å². The lowest BCUT2D eigenvalue weighted by Crippen LogP contribution is -2.12. The van der Waals surface area contributed by atoms with Crippen LogP contribution < -0.4 is 4.74 Å². The molecule has 0 bridgehead atoms. The van der Waals surface area contributed by atoms with Crippen molar-refractivity contribution in [3.63, 3.8) is 0 Å². The van der Waals surface area contributed by atoms with E-state index in [-0.39, 0.29) is 12.6 Å². The summed E-state index contributed by atoms with van der Waals surface area (Å²) in [4.78, 5) is 12.1. The van der Waals surface area contributed by atoms with Crippen LogP contribution in [0.2, 0.25) is 0 Å². The Bertz CT molecular complexity index is 770. The zero-order valence-electron chi connectivity index (χ0n) is 13.2. The first-order valence-electron chi connectivity index (χ1n) is 7.72. The molecular formula is C19H18N2O3. The maximum absolute atomic E-state index is 12.1. The summed E-state index contributed by atoms with van der Waals surface area (Å²) in [7, 11) is 0. The maximum Gasteiger partial charge on any atom is 0.338 e. The Labute approximate surface area is 140 Å². The molecule has 1 heterocycles. The second-order valence-corrected chi connectivity index (χ2v) is 5.21. The predicted molar refractivity (Wildman–Crippen MR) is 89.7 cm³/mol. The van der Waals surface area contributed by atoms with Gasteiger partial charge in [-0.05, 0) is 29.8 Å². The lowest BCUT2D eigenvalue weighted by atomic mass is 10.2. The summed E-state index contributed by atoms with van der Waals surface area (Å²) < 4.78 is 12.7. The minimum Gasteiger partial charge on any atom is -0.489 e. The number of esters is 1. The van der Waals surface area contributed by atoms with Crippen LogP contribution in [-0.4, -0.2) is 22.4 Å². The molecule has 3 aromatic rings. The fourth-order valence-electron chi connectivity index (χ4n) is 2.20. The molecule has 5 nitrogen and oxygen atoms in total. The van der Waals surface area contributed by atoms with Crippen molar-refractivity contribution >= 4 is 5.97 Å². The van der Waals surface area contributed by atoms with E-state index in [1.54, 1.807) is 29.1 Å². The van der Waals surface area contributed by atoms with Gasteiger partial charge in [0.15, 0.2) is 0 Å². The van der Waals surface area contributed by atoms with E-state index in [1.165, 1.54) is 0 Å². The molecule has 0 aliphatic heterocycles. The Morgan fingerprint density at radius 2 is 1.92 bits per heavy atom. The average molecular weight is 322 g/mol. The molecule has 0 aliphatic rings. The predicted octanol–water partition coefficient (Wildman–Crippen LogP) is 3.32. The molecule has 2 aromatic carbocycles. The van der Waals surface area contributed by atoms with Crippen molar-refractivity contribution in [2.45, 2.75) is 13.2 Å². The highest BCUT2D eigenvalue weighted by molar-refractivity contribution is 5.89. The fraction of sp³-hybridized carbons (Fsp3) is 0.158. The van der Waals surface area contributed by atoms with Gasteiger partial charge in [-0.25, -0.2) is 4.79 Å². The second kappa shape index (κ2) is 7.97. The highest BCUT2D eigenvalue weighted by Crippen LogP contribution is 2.16. The smallest absolute Gasteiger partial charge is 0.338 e. The molecular weight excluding hydrogens is 304 g/mol. The van der Waals surface area contributed by atoms with E-state index in [4.69, 9.17) is 9.47 Å². The van der Waals surface area contributed by atoms with Crippen LogP contribution in [0.25, 0.3) is 0 Å². The number of benzene rings is 2. The van der Waals surface area contributed by atoms with Gasteiger partial charge >= 0.3 is 5.97 Å². The molecule has 0 unspecified atom stereocenters. The van der Waals surface area contributed by atoms with Gasteiger partial charge < -0.3 is 9.47 Å². The van der Waals surface area contributed by atoms with E-state index in [0.717, 1.165) is 5.56 Å². The van der Waals surface area contributed by atoms with Gasteiger partial charge in [-0.2, -0.15) is 5.10 Å². The number of rotatable bonds is 7. The minimum atomic E-state index is -0.368. The van der Waals surface area contributed by atoms with E-state index in [1.807, 2.05) is 48.7 Å². The molecule has 1 aromatic heterocycles.